The third kappa shape index (κ3) is 6.49. The molecule has 3 fully saturated rings. The molecule has 220 valence electrons. The van der Waals surface area contributed by atoms with Crippen molar-refractivity contribution in [3.63, 3.8) is 0 Å². The lowest BCUT2D eigenvalue weighted by Crippen LogP contribution is -2.62. The van der Waals surface area contributed by atoms with E-state index in [-0.39, 0.29) is 36.1 Å². The van der Waals surface area contributed by atoms with E-state index in [9.17, 15) is 37.1 Å². The van der Waals surface area contributed by atoms with E-state index < -0.39 is 65.3 Å². The zero-order valence-corrected chi connectivity index (χ0v) is 23.3. The van der Waals surface area contributed by atoms with Gasteiger partial charge in [-0.2, -0.15) is 13.2 Å². The highest BCUT2D eigenvalue weighted by molar-refractivity contribution is 6.37. The van der Waals surface area contributed by atoms with E-state index in [0.29, 0.717) is 0 Å². The summed E-state index contributed by atoms with van der Waals surface area (Å²) in [7, 11) is 0. The average Bonchev–Trinajstić information content (AvgIpc) is 3.10. The molecule has 2 saturated carbocycles. The number of Topliss-reactive ketones (excluding diaryl/α,β-unsaturated/α-hetero) is 1. The number of likely N-dealkylation sites (tertiary alicyclic amines) is 1. The number of nitrogens with zero attached hydrogens (tertiary/aromatic N) is 1. The molecular weight excluding hydrogens is 519 g/mol. The summed E-state index contributed by atoms with van der Waals surface area (Å²) >= 11 is 0. The van der Waals surface area contributed by atoms with Crippen LogP contribution in [-0.2, 0) is 19.2 Å². The minimum atomic E-state index is -4.66. The molecule has 0 aromatic heterocycles. The molecule has 0 spiro atoms. The smallest absolute Gasteiger partial charge is 0.363 e. The van der Waals surface area contributed by atoms with Crippen molar-refractivity contribution in [2.24, 2.45) is 34.3 Å². The van der Waals surface area contributed by atoms with Crippen molar-refractivity contribution in [3.05, 3.63) is 0 Å². The second-order valence-corrected chi connectivity index (χ2v) is 12.9. The SMILES string of the molecule is CC(NC(=O)N[C@H](C(=O)N1C[C@H]2[C@@H]([C@H]1C(=O)NC(CC1CCC1)C(=O)C(N)=O)C2(C)C)C(C)(C)C)C(F)(F)F. The van der Waals surface area contributed by atoms with Gasteiger partial charge in [0.05, 0.1) is 6.04 Å². The van der Waals surface area contributed by atoms with Crippen molar-refractivity contribution < 1.29 is 37.1 Å². The highest BCUT2D eigenvalue weighted by atomic mass is 19.4. The lowest BCUT2D eigenvalue weighted by Gasteiger charge is -2.38. The first kappa shape index (κ1) is 30.7. The van der Waals surface area contributed by atoms with Crippen LogP contribution in [0.2, 0.25) is 0 Å². The van der Waals surface area contributed by atoms with Crippen molar-refractivity contribution in [1.82, 2.24) is 20.9 Å². The van der Waals surface area contributed by atoms with Crippen LogP contribution in [-0.4, -0.2) is 71.3 Å². The standard InChI is InChI=1S/C26H40F3N5O5/c1-12(26(27,28)29)31-23(39)33-19(24(2,3)4)22(38)34-11-14-16(25(14,5)6)17(34)21(37)32-15(18(35)20(30)36)10-13-8-7-9-13/h12-17,19H,7-11H2,1-6H3,(H2,30,36)(H,32,37)(H2,31,33,39)/t12?,14-,15?,16-,17-,19+/m0/s1. The number of rotatable bonds is 9. The van der Waals surface area contributed by atoms with Crippen LogP contribution in [0.5, 0.6) is 0 Å². The number of ketones is 1. The van der Waals surface area contributed by atoms with Gasteiger partial charge in [0.2, 0.25) is 17.6 Å². The molecule has 2 aliphatic carbocycles. The van der Waals surface area contributed by atoms with Gasteiger partial charge >= 0.3 is 12.2 Å². The number of urea groups is 1. The number of carbonyl (C=O) groups excluding carboxylic acids is 5. The van der Waals surface area contributed by atoms with Crippen LogP contribution in [0.1, 0.15) is 67.2 Å². The second kappa shape index (κ2) is 10.6. The molecule has 1 heterocycles. The Morgan fingerprint density at radius 1 is 1.03 bits per heavy atom. The number of primary amides is 1. The first-order chi connectivity index (χ1) is 17.8. The Morgan fingerprint density at radius 2 is 1.62 bits per heavy atom. The molecule has 3 rings (SSSR count). The number of nitrogens with two attached hydrogens (primary N) is 1. The number of nitrogens with one attached hydrogen (secondary N) is 3. The molecule has 3 aliphatic rings. The Kier molecular flexibility index (Phi) is 8.34. The van der Waals surface area contributed by atoms with Gasteiger partial charge in [0.25, 0.3) is 5.91 Å². The van der Waals surface area contributed by atoms with Gasteiger partial charge in [-0.05, 0) is 41.9 Å². The summed E-state index contributed by atoms with van der Waals surface area (Å²) < 4.78 is 38.8. The minimum Gasteiger partial charge on any atom is -0.363 e. The first-order valence-electron chi connectivity index (χ1n) is 13.3. The Bertz CT molecular complexity index is 1020. The fourth-order valence-corrected chi connectivity index (χ4v) is 5.80. The summed E-state index contributed by atoms with van der Waals surface area (Å²) in [6, 6.07) is -6.63. The maximum Gasteiger partial charge on any atom is 0.408 e. The van der Waals surface area contributed by atoms with Gasteiger partial charge < -0.3 is 26.6 Å². The molecule has 13 heteroatoms. The van der Waals surface area contributed by atoms with Crippen LogP contribution in [0.4, 0.5) is 18.0 Å². The summed E-state index contributed by atoms with van der Waals surface area (Å²) in [6.45, 7) is 9.89. The third-order valence-corrected chi connectivity index (χ3v) is 8.66. The highest BCUT2D eigenvalue weighted by Gasteiger charge is 2.70. The highest BCUT2D eigenvalue weighted by Crippen LogP contribution is 2.65. The number of carbonyl (C=O) groups is 5. The van der Waals surface area contributed by atoms with E-state index in [1.165, 1.54) is 4.90 Å². The molecular formula is C26H40F3N5O5. The van der Waals surface area contributed by atoms with Crippen molar-refractivity contribution in [2.75, 3.05) is 6.54 Å². The quantitative estimate of drug-likeness (QED) is 0.318. The fourth-order valence-electron chi connectivity index (χ4n) is 5.80. The zero-order chi connectivity index (χ0) is 29.7. The number of piperidine rings is 1. The van der Waals surface area contributed by atoms with Gasteiger partial charge in [-0.25, -0.2) is 4.79 Å². The summed E-state index contributed by atoms with van der Waals surface area (Å²) in [5.41, 5.74) is 4.06. The predicted octanol–water partition coefficient (Wildman–Crippen LogP) is 1.86. The first-order valence-corrected chi connectivity index (χ1v) is 13.3. The van der Waals surface area contributed by atoms with E-state index >= 15 is 0 Å². The molecule has 10 nitrogen and oxygen atoms in total. The summed E-state index contributed by atoms with van der Waals surface area (Å²) in [4.78, 5) is 65.4. The molecule has 0 aromatic rings. The molecule has 1 aliphatic heterocycles. The molecule has 39 heavy (non-hydrogen) atoms. The number of hydrogen-bond donors (Lipinski definition) is 4. The molecule has 6 atom stereocenters. The molecule has 5 N–H and O–H groups in total. The van der Waals surface area contributed by atoms with Crippen LogP contribution in [0.25, 0.3) is 0 Å². The average molecular weight is 560 g/mol. The molecule has 0 aromatic carbocycles. The van der Waals surface area contributed by atoms with Crippen LogP contribution >= 0.6 is 0 Å². The van der Waals surface area contributed by atoms with Crippen molar-refractivity contribution >= 4 is 29.5 Å². The Morgan fingerprint density at radius 3 is 2.08 bits per heavy atom. The van der Waals surface area contributed by atoms with E-state index in [1.54, 1.807) is 26.1 Å². The lowest BCUT2D eigenvalue weighted by atomic mass is 9.80. The summed E-state index contributed by atoms with van der Waals surface area (Å²) in [5.74, 6) is -3.33. The number of amides is 5. The van der Waals surface area contributed by atoms with Crippen molar-refractivity contribution in [1.29, 1.82) is 0 Å². The maximum atomic E-state index is 13.8. The summed E-state index contributed by atoms with van der Waals surface area (Å²) in [6.07, 6.45) is -1.65. The number of hydrogen-bond acceptors (Lipinski definition) is 5. The van der Waals surface area contributed by atoms with Crippen molar-refractivity contribution in [2.45, 2.75) is 97.6 Å². The van der Waals surface area contributed by atoms with Gasteiger partial charge in [0, 0.05) is 6.54 Å². The lowest BCUT2D eigenvalue weighted by molar-refractivity contribution is -0.149. The largest absolute Gasteiger partial charge is 0.408 e. The van der Waals surface area contributed by atoms with E-state index in [2.05, 4.69) is 10.6 Å². The molecule has 0 bridgehead atoms. The van der Waals surface area contributed by atoms with Gasteiger partial charge in [-0.15, -0.1) is 0 Å². The van der Waals surface area contributed by atoms with Crippen LogP contribution < -0.4 is 21.7 Å². The molecule has 2 unspecified atom stereocenters. The second-order valence-electron chi connectivity index (χ2n) is 12.9. The zero-order valence-electron chi connectivity index (χ0n) is 23.3. The Labute approximate surface area is 226 Å². The van der Waals surface area contributed by atoms with E-state index in [0.717, 1.165) is 26.2 Å². The van der Waals surface area contributed by atoms with Crippen LogP contribution in [0, 0.1) is 28.6 Å². The molecule has 1 saturated heterocycles. The topological polar surface area (TPSA) is 151 Å². The molecule has 0 radical (unpaired) electrons. The fraction of sp³-hybridized carbons (Fsp3) is 0.808. The summed E-state index contributed by atoms with van der Waals surface area (Å²) in [5, 5.41) is 6.85. The Balaban J connectivity index is 1.82. The van der Waals surface area contributed by atoms with Gasteiger partial charge in [-0.1, -0.05) is 53.9 Å². The van der Waals surface area contributed by atoms with Crippen molar-refractivity contribution in [3.8, 4) is 0 Å². The maximum absolute atomic E-state index is 13.8. The van der Waals surface area contributed by atoms with E-state index in [1.807, 2.05) is 13.8 Å². The van der Waals surface area contributed by atoms with Crippen LogP contribution in [0.15, 0.2) is 0 Å². The predicted molar refractivity (Wildman–Crippen MR) is 135 cm³/mol. The monoisotopic (exact) mass is 559 g/mol. The van der Waals surface area contributed by atoms with E-state index in [4.69, 9.17) is 5.73 Å². The van der Waals surface area contributed by atoms with Crippen LogP contribution in [0.3, 0.4) is 0 Å². The number of halogens is 3. The van der Waals surface area contributed by atoms with Gasteiger partial charge in [0.15, 0.2) is 0 Å². The van der Waals surface area contributed by atoms with Gasteiger partial charge in [-0.3, -0.25) is 19.2 Å². The minimum absolute atomic E-state index is 0.0196. The number of alkyl halides is 3. The third-order valence-electron chi connectivity index (χ3n) is 8.66. The molecule has 5 amide bonds. The number of fused-ring (bicyclic) bond motifs is 1. The normalized spacial score (nSPS) is 26.4. The van der Waals surface area contributed by atoms with Gasteiger partial charge in [0.1, 0.15) is 18.1 Å². The Hall–Kier alpha value is -2.86.